The molecule has 4 aromatic rings. The second-order valence-corrected chi connectivity index (χ2v) is 8.09. The Bertz CT molecular complexity index is 1040. The van der Waals surface area contributed by atoms with Crippen LogP contribution in [0.4, 0.5) is 0 Å². The van der Waals surface area contributed by atoms with E-state index in [4.69, 9.17) is 9.15 Å². The summed E-state index contributed by atoms with van der Waals surface area (Å²) in [6.45, 7) is 0. The largest absolute Gasteiger partial charge is 0.497 e. The Kier molecular flexibility index (Phi) is 5.86. The standard InChI is InChI=1S/C24H21NO3S/c1-27-21-14-12-18(13-15-21)22-16-25-23(28-22)17-29(26)24(19-8-4-2-5-9-19)20-10-6-3-7-11-20/h2-16,24H,17H2,1H3. The molecule has 4 nitrogen and oxygen atoms in total. The average Bonchev–Trinajstić information content (AvgIpc) is 3.24. The summed E-state index contributed by atoms with van der Waals surface area (Å²) >= 11 is 0. The Morgan fingerprint density at radius 3 is 2.03 bits per heavy atom. The summed E-state index contributed by atoms with van der Waals surface area (Å²) in [7, 11) is 0.397. The summed E-state index contributed by atoms with van der Waals surface area (Å²) in [5.41, 5.74) is 2.93. The minimum Gasteiger partial charge on any atom is -0.497 e. The number of hydrogen-bond donors (Lipinski definition) is 0. The van der Waals surface area contributed by atoms with Crippen LogP contribution in [0.3, 0.4) is 0 Å². The minimum atomic E-state index is -1.24. The van der Waals surface area contributed by atoms with Gasteiger partial charge in [0.25, 0.3) is 0 Å². The number of aromatic nitrogens is 1. The van der Waals surface area contributed by atoms with Crippen molar-refractivity contribution in [3.63, 3.8) is 0 Å². The van der Waals surface area contributed by atoms with Gasteiger partial charge in [0.05, 0.1) is 18.6 Å². The van der Waals surface area contributed by atoms with Crippen LogP contribution in [0.5, 0.6) is 5.75 Å². The van der Waals surface area contributed by atoms with Crippen LogP contribution in [-0.2, 0) is 16.6 Å². The van der Waals surface area contributed by atoms with Gasteiger partial charge in [-0.3, -0.25) is 4.21 Å². The Balaban J connectivity index is 1.57. The Hall–Kier alpha value is -3.18. The smallest absolute Gasteiger partial charge is 0.207 e. The van der Waals surface area contributed by atoms with Crippen LogP contribution < -0.4 is 4.74 Å². The van der Waals surface area contributed by atoms with Gasteiger partial charge in [0, 0.05) is 16.4 Å². The van der Waals surface area contributed by atoms with E-state index in [-0.39, 0.29) is 11.0 Å². The Labute approximate surface area is 172 Å². The van der Waals surface area contributed by atoms with E-state index >= 15 is 0 Å². The average molecular weight is 404 g/mol. The molecular formula is C24H21NO3S. The van der Waals surface area contributed by atoms with Crippen molar-refractivity contribution < 1.29 is 13.4 Å². The number of nitrogens with zero attached hydrogens (tertiary/aromatic N) is 1. The molecule has 1 unspecified atom stereocenters. The van der Waals surface area contributed by atoms with Gasteiger partial charge in [-0.1, -0.05) is 60.7 Å². The van der Waals surface area contributed by atoms with Crippen molar-refractivity contribution in [1.82, 2.24) is 4.98 Å². The second-order valence-electron chi connectivity index (χ2n) is 6.57. The molecule has 146 valence electrons. The number of methoxy groups -OCH3 is 1. The van der Waals surface area contributed by atoms with Crippen LogP contribution in [0.25, 0.3) is 11.3 Å². The number of ether oxygens (including phenoxy) is 1. The van der Waals surface area contributed by atoms with Crippen molar-refractivity contribution >= 4 is 10.8 Å². The number of rotatable bonds is 7. The predicted molar refractivity (Wildman–Crippen MR) is 115 cm³/mol. The minimum absolute atomic E-state index is 0.241. The molecule has 0 fully saturated rings. The molecule has 1 heterocycles. The topological polar surface area (TPSA) is 52.3 Å². The lowest BCUT2D eigenvalue weighted by atomic mass is 10.0. The Morgan fingerprint density at radius 2 is 1.48 bits per heavy atom. The number of hydrogen-bond acceptors (Lipinski definition) is 4. The van der Waals surface area contributed by atoms with Gasteiger partial charge >= 0.3 is 0 Å². The van der Waals surface area contributed by atoms with Crippen LogP contribution in [0.1, 0.15) is 22.3 Å². The summed E-state index contributed by atoms with van der Waals surface area (Å²) in [6, 6.07) is 27.4. The van der Waals surface area contributed by atoms with Crippen molar-refractivity contribution in [2.75, 3.05) is 7.11 Å². The quantitative estimate of drug-likeness (QED) is 0.415. The first-order valence-corrected chi connectivity index (χ1v) is 10.7. The highest BCUT2D eigenvalue weighted by atomic mass is 32.2. The van der Waals surface area contributed by atoms with Crippen molar-refractivity contribution in [1.29, 1.82) is 0 Å². The molecule has 0 aliphatic heterocycles. The van der Waals surface area contributed by atoms with Crippen molar-refractivity contribution in [3.8, 4) is 17.1 Å². The van der Waals surface area contributed by atoms with E-state index in [1.54, 1.807) is 13.3 Å². The second kappa shape index (κ2) is 8.88. The molecule has 0 bridgehead atoms. The summed E-state index contributed by atoms with van der Waals surface area (Å²) < 4.78 is 24.4. The fraction of sp³-hybridized carbons (Fsp3) is 0.125. The monoisotopic (exact) mass is 403 g/mol. The van der Waals surface area contributed by atoms with E-state index in [1.807, 2.05) is 84.9 Å². The highest BCUT2D eigenvalue weighted by Gasteiger charge is 2.23. The zero-order valence-electron chi connectivity index (χ0n) is 16.0. The molecule has 5 heteroatoms. The van der Waals surface area contributed by atoms with Crippen molar-refractivity contribution in [2.45, 2.75) is 11.0 Å². The van der Waals surface area contributed by atoms with E-state index in [0.717, 1.165) is 22.4 Å². The van der Waals surface area contributed by atoms with Gasteiger partial charge in [0.15, 0.2) is 5.76 Å². The summed E-state index contributed by atoms with van der Waals surface area (Å²) in [4.78, 5) is 4.35. The molecule has 4 rings (SSSR count). The highest BCUT2D eigenvalue weighted by Crippen LogP contribution is 2.30. The maximum absolute atomic E-state index is 13.3. The first kappa shape index (κ1) is 19.2. The molecule has 0 aliphatic rings. The molecule has 0 saturated heterocycles. The third-order valence-electron chi connectivity index (χ3n) is 4.66. The van der Waals surface area contributed by atoms with Crippen LogP contribution in [0, 0.1) is 0 Å². The van der Waals surface area contributed by atoms with Gasteiger partial charge in [-0.2, -0.15) is 0 Å². The van der Waals surface area contributed by atoms with Gasteiger partial charge in [-0.25, -0.2) is 4.98 Å². The molecule has 0 saturated carbocycles. The van der Waals surface area contributed by atoms with Crippen LogP contribution in [0.2, 0.25) is 0 Å². The van der Waals surface area contributed by atoms with Gasteiger partial charge in [-0.15, -0.1) is 0 Å². The summed E-state index contributed by atoms with van der Waals surface area (Å²) in [5, 5.41) is -0.242. The molecule has 3 aromatic carbocycles. The molecule has 0 N–H and O–H groups in total. The third-order valence-corrected chi connectivity index (χ3v) is 6.26. The molecule has 0 radical (unpaired) electrons. The fourth-order valence-corrected chi connectivity index (χ4v) is 4.69. The zero-order valence-corrected chi connectivity index (χ0v) is 16.8. The van der Waals surface area contributed by atoms with Gasteiger partial charge in [0.1, 0.15) is 11.5 Å². The highest BCUT2D eigenvalue weighted by molar-refractivity contribution is 7.84. The predicted octanol–water partition coefficient (Wildman–Crippen LogP) is 5.39. The lowest BCUT2D eigenvalue weighted by Gasteiger charge is -2.17. The van der Waals surface area contributed by atoms with Crippen molar-refractivity contribution in [2.24, 2.45) is 0 Å². The summed E-state index contributed by atoms with van der Waals surface area (Å²) in [6.07, 6.45) is 1.67. The molecule has 29 heavy (non-hydrogen) atoms. The molecule has 1 atom stereocenters. The first-order valence-electron chi connectivity index (χ1n) is 9.31. The normalized spacial score (nSPS) is 12.1. The van der Waals surface area contributed by atoms with Crippen molar-refractivity contribution in [3.05, 3.63) is 108 Å². The maximum Gasteiger partial charge on any atom is 0.207 e. The Morgan fingerprint density at radius 1 is 0.897 bits per heavy atom. The fourth-order valence-electron chi connectivity index (χ4n) is 3.22. The molecule has 0 amide bonds. The molecule has 1 aromatic heterocycles. The molecular weight excluding hydrogens is 382 g/mol. The van der Waals surface area contributed by atoms with E-state index in [9.17, 15) is 4.21 Å². The van der Waals surface area contributed by atoms with E-state index in [1.165, 1.54) is 0 Å². The van der Waals surface area contributed by atoms with E-state index in [2.05, 4.69) is 4.98 Å². The van der Waals surface area contributed by atoms with E-state index in [0.29, 0.717) is 11.7 Å². The zero-order chi connectivity index (χ0) is 20.1. The third kappa shape index (κ3) is 4.46. The summed E-state index contributed by atoms with van der Waals surface area (Å²) in [5.74, 6) is 2.13. The van der Waals surface area contributed by atoms with E-state index < -0.39 is 10.8 Å². The molecule has 0 aliphatic carbocycles. The van der Waals surface area contributed by atoms with Crippen LogP contribution in [-0.4, -0.2) is 16.3 Å². The lowest BCUT2D eigenvalue weighted by Crippen LogP contribution is -2.10. The van der Waals surface area contributed by atoms with Gasteiger partial charge in [0.2, 0.25) is 5.89 Å². The van der Waals surface area contributed by atoms with Gasteiger partial charge < -0.3 is 9.15 Å². The maximum atomic E-state index is 13.3. The van der Waals surface area contributed by atoms with Gasteiger partial charge in [-0.05, 0) is 35.4 Å². The van der Waals surface area contributed by atoms with Crippen LogP contribution >= 0.6 is 0 Å². The van der Waals surface area contributed by atoms with Crippen LogP contribution in [0.15, 0.2) is 95.5 Å². The SMILES string of the molecule is COc1ccc(-c2cnc(CS(=O)C(c3ccccc3)c3ccccc3)o2)cc1. The first-order chi connectivity index (χ1) is 14.2. The molecule has 0 spiro atoms. The lowest BCUT2D eigenvalue weighted by molar-refractivity contribution is 0.415. The number of benzene rings is 3. The number of oxazole rings is 1.